The van der Waals surface area contributed by atoms with Crippen LogP contribution in [0.15, 0.2) is 115 Å². The highest BCUT2D eigenvalue weighted by molar-refractivity contribution is 6.93. The summed E-state index contributed by atoms with van der Waals surface area (Å²) in [6.07, 6.45) is 7.31. The number of hydrogen-bond donors (Lipinski definition) is 0. The van der Waals surface area contributed by atoms with Gasteiger partial charge in [0, 0.05) is 44.4 Å². The van der Waals surface area contributed by atoms with Crippen LogP contribution in [-0.4, -0.2) is 12.4 Å². The summed E-state index contributed by atoms with van der Waals surface area (Å²) in [5.74, 6) is 0. The van der Waals surface area contributed by atoms with Gasteiger partial charge in [0.15, 0.2) is 0 Å². The Morgan fingerprint density at radius 3 is 1.86 bits per heavy atom. The van der Waals surface area contributed by atoms with Gasteiger partial charge in [0.2, 0.25) is 0 Å². The third-order valence-corrected chi connectivity index (χ3v) is 19.8. The summed E-state index contributed by atoms with van der Waals surface area (Å²) in [6.45, 7) is 34.7. The molecule has 0 spiro atoms. The first kappa shape index (κ1) is 44.4. The summed E-state index contributed by atoms with van der Waals surface area (Å²) in [5, 5.41) is 2.67. The van der Waals surface area contributed by atoms with Crippen LogP contribution in [0.4, 0.5) is 22.7 Å². The number of benzene rings is 7. The molecule has 7 aromatic carbocycles. The van der Waals surface area contributed by atoms with Crippen LogP contribution in [0.25, 0.3) is 44.2 Å². The highest BCUT2D eigenvalue weighted by Gasteiger charge is 2.64. The highest BCUT2D eigenvalue weighted by atomic mass is 15.2. The third-order valence-electron chi connectivity index (χ3n) is 19.8. The van der Waals surface area contributed by atoms with Crippen molar-refractivity contribution in [2.45, 2.75) is 173 Å². The molecule has 1 fully saturated rings. The third kappa shape index (κ3) is 5.64. The molecule has 0 aromatic heterocycles. The minimum absolute atomic E-state index is 0.00205. The Kier molecular flexibility index (Phi) is 8.82. The number of fused-ring (bicyclic) bond motifs is 14. The molecule has 3 heterocycles. The van der Waals surface area contributed by atoms with E-state index in [1.165, 1.54) is 144 Å². The standard InChI is InChI=1S/C67H73BN2/c1-61(2,3)42-26-29-54(45(35-42)40-22-16-15-17-23-40)69-55-34-41-24-18-19-25-44(41)56-47-36-43(62(4,5)6)37-52-59(47)70(67(14)31-21-20-30-66(52,67)13)68(58(55)56)53-28-27-48-57(60(53)69)46-38-50-51(39-49(46)65(48,11)12)64(9,10)33-32-63(50,7)8/h15-19,22-29,34-39H,20-21,30-33H2,1-14H3. The van der Waals surface area contributed by atoms with Crippen molar-refractivity contribution >= 4 is 51.3 Å². The van der Waals surface area contributed by atoms with Gasteiger partial charge >= 0.3 is 6.85 Å². The second kappa shape index (κ2) is 13.9. The Bertz CT molecular complexity index is 3430. The molecule has 0 saturated heterocycles. The predicted octanol–water partition coefficient (Wildman–Crippen LogP) is 16.7. The van der Waals surface area contributed by atoms with Gasteiger partial charge < -0.3 is 9.71 Å². The SMILES string of the molecule is CC(C)(C)c1ccc(N2c3cc4ccccc4c4c3B(c3ccc5c(c32)-c2cc3c(cc2C5(C)C)C(C)(C)CCC3(C)C)N2c3c-4cc(C(C)(C)C)cc3C3(C)CCCCC23C)c(-c2ccccc2)c1. The van der Waals surface area contributed by atoms with Gasteiger partial charge in [0.1, 0.15) is 0 Å². The Balaban J connectivity index is 1.23. The molecule has 6 aliphatic rings. The molecule has 3 aliphatic heterocycles. The van der Waals surface area contributed by atoms with Crippen molar-refractivity contribution in [1.29, 1.82) is 0 Å². The van der Waals surface area contributed by atoms with Crippen molar-refractivity contribution in [3.05, 3.63) is 154 Å². The molecular formula is C67H73BN2. The fourth-order valence-electron chi connectivity index (χ4n) is 15.2. The van der Waals surface area contributed by atoms with Gasteiger partial charge in [-0.05, 0) is 162 Å². The monoisotopic (exact) mass is 917 g/mol. The zero-order chi connectivity index (χ0) is 49.0. The maximum atomic E-state index is 3.05. The summed E-state index contributed by atoms with van der Waals surface area (Å²) in [7, 11) is 0. The smallest absolute Gasteiger partial charge is 0.328 e. The molecular weight excluding hydrogens is 844 g/mol. The average Bonchev–Trinajstić information content (AvgIpc) is 3.67. The van der Waals surface area contributed by atoms with Gasteiger partial charge in [-0.3, -0.25) is 0 Å². The lowest BCUT2D eigenvalue weighted by molar-refractivity contribution is 0.199. The lowest BCUT2D eigenvalue weighted by Gasteiger charge is -2.55. The first-order valence-corrected chi connectivity index (χ1v) is 26.9. The van der Waals surface area contributed by atoms with E-state index < -0.39 is 0 Å². The van der Waals surface area contributed by atoms with Crippen LogP contribution in [0.1, 0.15) is 174 Å². The Morgan fingerprint density at radius 2 is 1.14 bits per heavy atom. The minimum Gasteiger partial charge on any atom is -0.400 e. The molecule has 7 aromatic rings. The molecule has 354 valence electrons. The van der Waals surface area contributed by atoms with Crippen molar-refractivity contribution in [2.75, 3.05) is 9.71 Å². The van der Waals surface area contributed by atoms with Gasteiger partial charge in [0.05, 0.1) is 11.4 Å². The molecule has 2 unspecified atom stereocenters. The zero-order valence-corrected chi connectivity index (χ0v) is 44.7. The number of rotatable bonds is 2. The van der Waals surface area contributed by atoms with Crippen LogP contribution in [0.3, 0.4) is 0 Å². The van der Waals surface area contributed by atoms with E-state index >= 15 is 0 Å². The number of anilines is 4. The Hall–Kier alpha value is -5.54. The van der Waals surface area contributed by atoms with Crippen LogP contribution in [0.2, 0.25) is 0 Å². The molecule has 0 radical (unpaired) electrons. The van der Waals surface area contributed by atoms with E-state index in [0.717, 1.165) is 0 Å². The van der Waals surface area contributed by atoms with Crippen molar-refractivity contribution < 1.29 is 0 Å². The molecule has 2 atom stereocenters. The van der Waals surface area contributed by atoms with Crippen LogP contribution < -0.4 is 20.6 Å². The van der Waals surface area contributed by atoms with E-state index in [1.54, 1.807) is 11.1 Å². The van der Waals surface area contributed by atoms with E-state index in [0.29, 0.717) is 0 Å². The van der Waals surface area contributed by atoms with E-state index in [-0.39, 0.29) is 44.9 Å². The summed E-state index contributed by atoms with van der Waals surface area (Å²) < 4.78 is 0. The van der Waals surface area contributed by atoms with E-state index in [4.69, 9.17) is 0 Å². The molecule has 0 bridgehead atoms. The van der Waals surface area contributed by atoms with E-state index in [1.807, 2.05) is 0 Å². The van der Waals surface area contributed by atoms with Crippen molar-refractivity contribution in [1.82, 2.24) is 0 Å². The zero-order valence-electron chi connectivity index (χ0n) is 44.7. The summed E-state index contributed by atoms with van der Waals surface area (Å²) >= 11 is 0. The van der Waals surface area contributed by atoms with Crippen LogP contribution in [0.5, 0.6) is 0 Å². The van der Waals surface area contributed by atoms with Gasteiger partial charge in [-0.25, -0.2) is 0 Å². The van der Waals surface area contributed by atoms with Gasteiger partial charge in [0.25, 0.3) is 0 Å². The second-order valence-corrected chi connectivity index (χ2v) is 27.1. The van der Waals surface area contributed by atoms with E-state index in [2.05, 4.69) is 222 Å². The molecule has 3 aliphatic carbocycles. The predicted molar refractivity (Wildman–Crippen MR) is 301 cm³/mol. The Morgan fingerprint density at radius 1 is 0.486 bits per heavy atom. The molecule has 0 N–H and O–H groups in total. The number of nitrogens with zero attached hydrogens (tertiary/aromatic N) is 2. The maximum Gasteiger partial charge on any atom is 0.328 e. The molecule has 0 amide bonds. The molecule has 1 saturated carbocycles. The quantitative estimate of drug-likeness (QED) is 0.159. The summed E-state index contributed by atoms with van der Waals surface area (Å²) in [6, 6.07) is 46.6. The van der Waals surface area contributed by atoms with Crippen LogP contribution in [-0.2, 0) is 32.5 Å². The topological polar surface area (TPSA) is 6.48 Å². The average molecular weight is 917 g/mol. The molecule has 3 heteroatoms. The molecule has 13 rings (SSSR count). The largest absolute Gasteiger partial charge is 0.400 e. The first-order chi connectivity index (χ1) is 33.0. The normalized spacial score (nSPS) is 22.7. The lowest BCUT2D eigenvalue weighted by atomic mass is 9.41. The second-order valence-electron chi connectivity index (χ2n) is 27.1. The van der Waals surface area contributed by atoms with Crippen molar-refractivity contribution in [3.8, 4) is 33.4 Å². The lowest BCUT2D eigenvalue weighted by Crippen LogP contribution is -2.70. The first-order valence-electron chi connectivity index (χ1n) is 26.9. The molecule has 70 heavy (non-hydrogen) atoms. The van der Waals surface area contributed by atoms with Crippen LogP contribution in [0, 0.1) is 0 Å². The molecule has 2 nitrogen and oxygen atoms in total. The van der Waals surface area contributed by atoms with Crippen LogP contribution >= 0.6 is 0 Å². The van der Waals surface area contributed by atoms with Gasteiger partial charge in [-0.1, -0.05) is 188 Å². The summed E-state index contributed by atoms with van der Waals surface area (Å²) in [5.41, 5.74) is 26.9. The minimum atomic E-state index is -0.192. The van der Waals surface area contributed by atoms with Gasteiger partial charge in [-0.2, -0.15) is 0 Å². The van der Waals surface area contributed by atoms with Gasteiger partial charge in [-0.15, -0.1) is 0 Å². The number of hydrogen-bond acceptors (Lipinski definition) is 2. The summed E-state index contributed by atoms with van der Waals surface area (Å²) in [4.78, 5) is 5.86. The maximum absolute atomic E-state index is 3.05. The Labute approximate surface area is 420 Å². The van der Waals surface area contributed by atoms with E-state index in [9.17, 15) is 0 Å². The van der Waals surface area contributed by atoms with Crippen molar-refractivity contribution in [3.63, 3.8) is 0 Å². The van der Waals surface area contributed by atoms with Crippen molar-refractivity contribution in [2.24, 2.45) is 0 Å². The fraction of sp³-hybridized carbons (Fsp3) is 0.403. The fourth-order valence-corrected chi connectivity index (χ4v) is 15.2. The highest BCUT2D eigenvalue weighted by Crippen LogP contribution is 2.66.